The van der Waals surface area contributed by atoms with Crippen molar-refractivity contribution >= 4 is 27.5 Å². The Hall–Kier alpha value is -2.91. The summed E-state index contributed by atoms with van der Waals surface area (Å²) in [4.78, 5) is 26.7. The van der Waals surface area contributed by atoms with E-state index in [1.54, 1.807) is 26.0 Å². The van der Waals surface area contributed by atoms with E-state index in [2.05, 4.69) is 5.32 Å². The topological polar surface area (TPSA) is 96.0 Å². The highest BCUT2D eigenvalue weighted by Gasteiger charge is 2.35. The van der Waals surface area contributed by atoms with Gasteiger partial charge in [0.25, 0.3) is 0 Å². The monoisotopic (exact) mass is 459 g/mol. The number of sulfonamides is 1. The summed E-state index contributed by atoms with van der Waals surface area (Å²) in [6.45, 7) is 5.29. The van der Waals surface area contributed by atoms with Gasteiger partial charge in [-0.25, -0.2) is 8.42 Å². The van der Waals surface area contributed by atoms with Gasteiger partial charge in [-0.1, -0.05) is 32.0 Å². The molecule has 1 aliphatic heterocycles. The van der Waals surface area contributed by atoms with Crippen LogP contribution in [0.1, 0.15) is 20.3 Å². The van der Waals surface area contributed by atoms with Gasteiger partial charge in [0.05, 0.1) is 17.4 Å². The third-order valence-electron chi connectivity index (χ3n) is 5.40. The minimum absolute atomic E-state index is 0.116. The molecule has 1 aliphatic rings. The molecule has 1 saturated heterocycles. The number of hydrogen-bond donors (Lipinski definition) is 1. The Morgan fingerprint density at radius 2 is 1.75 bits per heavy atom. The SMILES string of the molecule is CCN(CC)S(=O)(=O)c1ccc(N2C[C@@H](C(=O)NCCOc3ccccc3)CC2=O)cc1. The lowest BCUT2D eigenvalue weighted by Gasteiger charge is -2.20. The molecule has 1 fully saturated rings. The van der Waals surface area contributed by atoms with Gasteiger partial charge in [-0.2, -0.15) is 4.31 Å². The number of hydrogen-bond acceptors (Lipinski definition) is 5. The summed E-state index contributed by atoms with van der Waals surface area (Å²) < 4.78 is 32.2. The summed E-state index contributed by atoms with van der Waals surface area (Å²) in [5, 5.41) is 2.81. The van der Waals surface area contributed by atoms with Gasteiger partial charge in [0.1, 0.15) is 12.4 Å². The number of ether oxygens (including phenoxy) is 1. The molecular formula is C23H29N3O5S. The summed E-state index contributed by atoms with van der Waals surface area (Å²) in [6.07, 6.45) is 0.116. The standard InChI is InChI=1S/C23H29N3O5S/c1-3-25(4-2)32(29,30)21-12-10-19(11-13-21)26-17-18(16-22(26)27)23(28)24-14-15-31-20-8-6-5-7-9-20/h5-13,18H,3-4,14-17H2,1-2H3,(H,24,28)/t18-/m0/s1. The molecule has 172 valence electrons. The number of rotatable bonds is 10. The van der Waals surface area contributed by atoms with Gasteiger partial charge < -0.3 is 15.0 Å². The largest absolute Gasteiger partial charge is 0.492 e. The fourth-order valence-corrected chi connectivity index (χ4v) is 5.11. The van der Waals surface area contributed by atoms with Crippen LogP contribution in [0.15, 0.2) is 59.5 Å². The van der Waals surface area contributed by atoms with Crippen LogP contribution in [0.2, 0.25) is 0 Å². The molecule has 2 aromatic carbocycles. The number of carbonyl (C=O) groups is 2. The Balaban J connectivity index is 1.55. The number of anilines is 1. The maximum Gasteiger partial charge on any atom is 0.243 e. The van der Waals surface area contributed by atoms with Crippen LogP contribution in [0.4, 0.5) is 5.69 Å². The number of para-hydroxylation sites is 1. The van der Waals surface area contributed by atoms with E-state index < -0.39 is 15.9 Å². The Bertz CT molecular complexity index is 1020. The average molecular weight is 460 g/mol. The summed E-state index contributed by atoms with van der Waals surface area (Å²) >= 11 is 0. The lowest BCUT2D eigenvalue weighted by atomic mass is 10.1. The summed E-state index contributed by atoms with van der Waals surface area (Å²) in [5.74, 6) is -0.0861. The predicted molar refractivity (Wildman–Crippen MR) is 122 cm³/mol. The first-order valence-corrected chi connectivity index (χ1v) is 12.2. The van der Waals surface area contributed by atoms with Crippen molar-refractivity contribution in [2.75, 3.05) is 37.7 Å². The van der Waals surface area contributed by atoms with Crippen molar-refractivity contribution in [3.05, 3.63) is 54.6 Å². The van der Waals surface area contributed by atoms with Gasteiger partial charge in [0, 0.05) is 31.7 Å². The predicted octanol–water partition coefficient (Wildman–Crippen LogP) is 2.27. The van der Waals surface area contributed by atoms with Crippen LogP contribution in [0.25, 0.3) is 0 Å². The van der Waals surface area contributed by atoms with Gasteiger partial charge in [0.15, 0.2) is 0 Å². The molecule has 1 atom stereocenters. The number of nitrogens with one attached hydrogen (secondary N) is 1. The van der Waals surface area contributed by atoms with Gasteiger partial charge in [-0.05, 0) is 36.4 Å². The second kappa shape index (κ2) is 10.6. The molecule has 0 bridgehead atoms. The van der Waals surface area contributed by atoms with E-state index in [0.717, 1.165) is 5.75 Å². The number of carbonyl (C=O) groups excluding carboxylic acids is 2. The van der Waals surface area contributed by atoms with Crippen LogP contribution in [0.3, 0.4) is 0 Å². The van der Waals surface area contributed by atoms with E-state index in [9.17, 15) is 18.0 Å². The van der Waals surface area contributed by atoms with E-state index in [1.165, 1.54) is 21.3 Å². The summed E-state index contributed by atoms with van der Waals surface area (Å²) in [5.41, 5.74) is 0.580. The van der Waals surface area contributed by atoms with Crippen molar-refractivity contribution < 1.29 is 22.7 Å². The Morgan fingerprint density at radius 1 is 1.09 bits per heavy atom. The highest BCUT2D eigenvalue weighted by Crippen LogP contribution is 2.27. The number of amides is 2. The molecular weight excluding hydrogens is 430 g/mol. The Labute approximate surface area is 189 Å². The molecule has 0 unspecified atom stereocenters. The molecule has 9 heteroatoms. The molecule has 2 aromatic rings. The zero-order valence-corrected chi connectivity index (χ0v) is 19.2. The van der Waals surface area contributed by atoms with Gasteiger partial charge in [-0.15, -0.1) is 0 Å². The first-order chi connectivity index (χ1) is 15.4. The first-order valence-electron chi connectivity index (χ1n) is 10.7. The van der Waals surface area contributed by atoms with Crippen LogP contribution >= 0.6 is 0 Å². The lowest BCUT2D eigenvalue weighted by molar-refractivity contribution is -0.126. The molecule has 1 N–H and O–H groups in total. The number of nitrogens with zero attached hydrogens (tertiary/aromatic N) is 2. The molecule has 8 nitrogen and oxygen atoms in total. The smallest absolute Gasteiger partial charge is 0.243 e. The van der Waals surface area contributed by atoms with Crippen molar-refractivity contribution in [2.45, 2.75) is 25.2 Å². The van der Waals surface area contributed by atoms with Crippen molar-refractivity contribution in [3.8, 4) is 5.75 Å². The minimum atomic E-state index is -3.56. The zero-order chi connectivity index (χ0) is 23.1. The first kappa shape index (κ1) is 23.7. The van der Waals surface area contributed by atoms with Crippen LogP contribution in [0.5, 0.6) is 5.75 Å². The molecule has 32 heavy (non-hydrogen) atoms. The van der Waals surface area contributed by atoms with Crippen LogP contribution in [-0.4, -0.2) is 57.3 Å². The number of benzene rings is 2. The summed E-state index contributed by atoms with van der Waals surface area (Å²) in [7, 11) is -3.56. The zero-order valence-electron chi connectivity index (χ0n) is 18.4. The second-order valence-electron chi connectivity index (χ2n) is 7.44. The van der Waals surface area contributed by atoms with Crippen LogP contribution in [0, 0.1) is 5.92 Å². The third-order valence-corrected chi connectivity index (χ3v) is 7.46. The van der Waals surface area contributed by atoms with Crippen LogP contribution < -0.4 is 15.0 Å². The highest BCUT2D eigenvalue weighted by atomic mass is 32.2. The van der Waals surface area contributed by atoms with E-state index in [0.29, 0.717) is 31.9 Å². The van der Waals surface area contributed by atoms with Crippen molar-refractivity contribution in [2.24, 2.45) is 5.92 Å². The average Bonchev–Trinajstić information content (AvgIpc) is 3.19. The Kier molecular flexibility index (Phi) is 7.87. The van der Waals surface area contributed by atoms with Gasteiger partial charge in [0.2, 0.25) is 21.8 Å². The van der Waals surface area contributed by atoms with Gasteiger partial charge >= 0.3 is 0 Å². The molecule has 0 radical (unpaired) electrons. The maximum absolute atomic E-state index is 12.6. The molecule has 3 rings (SSSR count). The van der Waals surface area contributed by atoms with E-state index in [1.807, 2.05) is 30.3 Å². The quantitative estimate of drug-likeness (QED) is 0.550. The third kappa shape index (κ3) is 5.46. The van der Waals surface area contributed by atoms with Crippen molar-refractivity contribution in [1.82, 2.24) is 9.62 Å². The Morgan fingerprint density at radius 3 is 2.38 bits per heavy atom. The van der Waals surface area contributed by atoms with Crippen molar-refractivity contribution in [3.63, 3.8) is 0 Å². The highest BCUT2D eigenvalue weighted by molar-refractivity contribution is 7.89. The van der Waals surface area contributed by atoms with E-state index in [4.69, 9.17) is 4.74 Å². The molecule has 0 saturated carbocycles. The fourth-order valence-electron chi connectivity index (χ4n) is 3.65. The van der Waals surface area contributed by atoms with Crippen molar-refractivity contribution in [1.29, 1.82) is 0 Å². The molecule has 0 aromatic heterocycles. The fraction of sp³-hybridized carbons (Fsp3) is 0.391. The second-order valence-corrected chi connectivity index (χ2v) is 9.38. The minimum Gasteiger partial charge on any atom is -0.492 e. The lowest BCUT2D eigenvalue weighted by Crippen LogP contribution is -2.35. The maximum atomic E-state index is 12.6. The van der Waals surface area contributed by atoms with E-state index in [-0.39, 0.29) is 29.7 Å². The molecule has 2 amide bonds. The molecule has 0 aliphatic carbocycles. The molecule has 1 heterocycles. The van der Waals surface area contributed by atoms with Crippen LogP contribution in [-0.2, 0) is 19.6 Å². The normalized spacial score (nSPS) is 16.4. The summed E-state index contributed by atoms with van der Waals surface area (Å²) in [6, 6.07) is 15.6. The van der Waals surface area contributed by atoms with E-state index >= 15 is 0 Å². The molecule has 0 spiro atoms. The van der Waals surface area contributed by atoms with Gasteiger partial charge in [-0.3, -0.25) is 9.59 Å².